The predicted octanol–water partition coefficient (Wildman–Crippen LogP) is 3.29. The van der Waals surface area contributed by atoms with Crippen LogP contribution in [0.15, 0.2) is 24.3 Å². The second kappa shape index (κ2) is 5.35. The summed E-state index contributed by atoms with van der Waals surface area (Å²) in [5.74, 6) is 0.358. The zero-order valence-corrected chi connectivity index (χ0v) is 10.1. The second-order valence-electron chi connectivity index (χ2n) is 3.59. The molecule has 1 aromatic rings. The van der Waals surface area contributed by atoms with Crippen molar-refractivity contribution in [3.8, 4) is 0 Å². The maximum absolute atomic E-state index is 13.3. The SMILES string of the molecule is CC(CBr)CN(C)c1ccccc1F. The van der Waals surface area contributed by atoms with Gasteiger partial charge in [-0.15, -0.1) is 0 Å². The Morgan fingerprint density at radius 1 is 1.43 bits per heavy atom. The van der Waals surface area contributed by atoms with Gasteiger partial charge in [-0.3, -0.25) is 0 Å². The van der Waals surface area contributed by atoms with Gasteiger partial charge in [0.15, 0.2) is 0 Å². The number of alkyl halides is 1. The van der Waals surface area contributed by atoms with Gasteiger partial charge in [-0.05, 0) is 18.1 Å². The highest BCUT2D eigenvalue weighted by molar-refractivity contribution is 9.09. The van der Waals surface area contributed by atoms with Crippen LogP contribution in [-0.2, 0) is 0 Å². The third kappa shape index (κ3) is 2.98. The van der Waals surface area contributed by atoms with E-state index in [0.29, 0.717) is 11.6 Å². The van der Waals surface area contributed by atoms with E-state index in [2.05, 4.69) is 22.9 Å². The molecule has 1 rings (SSSR count). The molecule has 3 heteroatoms. The minimum Gasteiger partial charge on any atom is -0.372 e. The van der Waals surface area contributed by atoms with Crippen molar-refractivity contribution in [2.75, 3.05) is 23.8 Å². The van der Waals surface area contributed by atoms with Crippen LogP contribution >= 0.6 is 15.9 Å². The number of nitrogens with zero attached hydrogens (tertiary/aromatic N) is 1. The van der Waals surface area contributed by atoms with Gasteiger partial charge in [-0.2, -0.15) is 0 Å². The number of hydrogen-bond donors (Lipinski definition) is 0. The molecule has 1 unspecified atom stereocenters. The van der Waals surface area contributed by atoms with E-state index in [-0.39, 0.29) is 5.82 Å². The molecule has 14 heavy (non-hydrogen) atoms. The third-order valence-corrected chi connectivity index (χ3v) is 3.22. The van der Waals surface area contributed by atoms with Gasteiger partial charge in [0.2, 0.25) is 0 Å². The van der Waals surface area contributed by atoms with Gasteiger partial charge < -0.3 is 4.90 Å². The number of para-hydroxylation sites is 1. The van der Waals surface area contributed by atoms with Crippen LogP contribution in [0.2, 0.25) is 0 Å². The Kier molecular flexibility index (Phi) is 4.39. The number of hydrogen-bond acceptors (Lipinski definition) is 1. The van der Waals surface area contributed by atoms with Crippen LogP contribution in [0.4, 0.5) is 10.1 Å². The molecule has 1 nitrogen and oxygen atoms in total. The van der Waals surface area contributed by atoms with Crippen molar-refractivity contribution in [3.63, 3.8) is 0 Å². The van der Waals surface area contributed by atoms with Crippen LogP contribution in [0.5, 0.6) is 0 Å². The third-order valence-electron chi connectivity index (χ3n) is 2.11. The fourth-order valence-electron chi connectivity index (χ4n) is 1.38. The Morgan fingerprint density at radius 3 is 2.64 bits per heavy atom. The topological polar surface area (TPSA) is 3.24 Å². The Hall–Kier alpha value is -0.570. The summed E-state index contributed by atoms with van der Waals surface area (Å²) in [5, 5.41) is 0.936. The number of rotatable bonds is 4. The minimum atomic E-state index is -0.156. The molecule has 0 aliphatic rings. The lowest BCUT2D eigenvalue weighted by Crippen LogP contribution is -2.25. The van der Waals surface area contributed by atoms with E-state index < -0.39 is 0 Å². The maximum Gasteiger partial charge on any atom is 0.146 e. The Balaban J connectivity index is 2.69. The predicted molar refractivity (Wildman–Crippen MR) is 62.6 cm³/mol. The van der Waals surface area contributed by atoms with Crippen LogP contribution < -0.4 is 4.90 Å². The molecule has 78 valence electrons. The largest absolute Gasteiger partial charge is 0.372 e. The molecule has 0 radical (unpaired) electrons. The van der Waals surface area contributed by atoms with Crippen LogP contribution in [0.25, 0.3) is 0 Å². The molecule has 0 heterocycles. The summed E-state index contributed by atoms with van der Waals surface area (Å²) in [4.78, 5) is 1.95. The average Bonchev–Trinajstić information content (AvgIpc) is 2.18. The molecule has 0 saturated heterocycles. The van der Waals surface area contributed by atoms with Gasteiger partial charge in [0.1, 0.15) is 5.82 Å². The van der Waals surface area contributed by atoms with Gasteiger partial charge in [-0.25, -0.2) is 4.39 Å². The van der Waals surface area contributed by atoms with Crippen molar-refractivity contribution in [2.24, 2.45) is 5.92 Å². The fourth-order valence-corrected chi connectivity index (χ4v) is 1.58. The lowest BCUT2D eigenvalue weighted by Gasteiger charge is -2.22. The quantitative estimate of drug-likeness (QED) is 0.751. The molecule has 0 aliphatic carbocycles. The van der Waals surface area contributed by atoms with E-state index in [4.69, 9.17) is 0 Å². The zero-order valence-electron chi connectivity index (χ0n) is 8.50. The molecule has 0 fully saturated rings. The van der Waals surface area contributed by atoms with E-state index in [1.807, 2.05) is 18.0 Å². The molecule has 0 spiro atoms. The molecule has 0 aliphatic heterocycles. The van der Waals surface area contributed by atoms with Crippen LogP contribution in [0, 0.1) is 11.7 Å². The first-order valence-corrected chi connectivity index (χ1v) is 5.79. The molecule has 0 N–H and O–H groups in total. The highest BCUT2D eigenvalue weighted by atomic mass is 79.9. The van der Waals surface area contributed by atoms with Crippen molar-refractivity contribution in [3.05, 3.63) is 30.1 Å². The van der Waals surface area contributed by atoms with E-state index in [0.717, 1.165) is 11.9 Å². The standard InChI is InChI=1S/C11H15BrFN/c1-9(7-12)8-14(2)11-6-4-3-5-10(11)13/h3-6,9H,7-8H2,1-2H3. The first kappa shape index (κ1) is 11.5. The smallest absolute Gasteiger partial charge is 0.146 e. The summed E-state index contributed by atoms with van der Waals surface area (Å²) in [5.41, 5.74) is 0.667. The molecule has 0 aromatic heterocycles. The van der Waals surface area contributed by atoms with Crippen molar-refractivity contribution in [2.45, 2.75) is 6.92 Å². The number of halogens is 2. The summed E-state index contributed by atoms with van der Waals surface area (Å²) in [6.45, 7) is 2.98. The van der Waals surface area contributed by atoms with Gasteiger partial charge in [0, 0.05) is 18.9 Å². The number of benzene rings is 1. The van der Waals surface area contributed by atoms with E-state index in [9.17, 15) is 4.39 Å². The van der Waals surface area contributed by atoms with Crippen LogP contribution in [0.3, 0.4) is 0 Å². The van der Waals surface area contributed by atoms with Crippen molar-refractivity contribution >= 4 is 21.6 Å². The minimum absolute atomic E-state index is 0.156. The maximum atomic E-state index is 13.3. The molecule has 1 aromatic carbocycles. The molecule has 0 saturated carbocycles. The molecular weight excluding hydrogens is 245 g/mol. The monoisotopic (exact) mass is 259 g/mol. The second-order valence-corrected chi connectivity index (χ2v) is 4.24. The van der Waals surface area contributed by atoms with Crippen molar-refractivity contribution in [1.29, 1.82) is 0 Å². The molecule has 1 atom stereocenters. The van der Waals surface area contributed by atoms with E-state index in [1.54, 1.807) is 12.1 Å². The van der Waals surface area contributed by atoms with Crippen LogP contribution in [-0.4, -0.2) is 18.9 Å². The molecule has 0 amide bonds. The normalized spacial score (nSPS) is 12.6. The van der Waals surface area contributed by atoms with Gasteiger partial charge in [0.25, 0.3) is 0 Å². The van der Waals surface area contributed by atoms with Crippen molar-refractivity contribution < 1.29 is 4.39 Å². The van der Waals surface area contributed by atoms with Crippen molar-refractivity contribution in [1.82, 2.24) is 0 Å². The summed E-state index contributed by atoms with van der Waals surface area (Å²) in [7, 11) is 1.91. The lowest BCUT2D eigenvalue weighted by atomic mass is 10.2. The number of anilines is 1. The molecular formula is C11H15BrFN. The summed E-state index contributed by atoms with van der Waals surface area (Å²) >= 11 is 3.41. The summed E-state index contributed by atoms with van der Waals surface area (Å²) in [6, 6.07) is 6.86. The van der Waals surface area contributed by atoms with Gasteiger partial charge >= 0.3 is 0 Å². The Labute approximate surface area is 93.0 Å². The van der Waals surface area contributed by atoms with Gasteiger partial charge in [-0.1, -0.05) is 35.0 Å². The van der Waals surface area contributed by atoms with E-state index in [1.165, 1.54) is 6.07 Å². The van der Waals surface area contributed by atoms with E-state index >= 15 is 0 Å². The zero-order chi connectivity index (χ0) is 10.6. The molecule has 0 bridgehead atoms. The first-order valence-electron chi connectivity index (χ1n) is 4.66. The highest BCUT2D eigenvalue weighted by Crippen LogP contribution is 2.18. The fraction of sp³-hybridized carbons (Fsp3) is 0.455. The first-order chi connectivity index (χ1) is 6.65. The average molecular weight is 260 g/mol. The highest BCUT2D eigenvalue weighted by Gasteiger charge is 2.09. The van der Waals surface area contributed by atoms with Gasteiger partial charge in [0.05, 0.1) is 5.69 Å². The Morgan fingerprint density at radius 2 is 2.07 bits per heavy atom. The van der Waals surface area contributed by atoms with Crippen LogP contribution in [0.1, 0.15) is 6.92 Å². The Bertz CT molecular complexity index is 290. The summed E-state index contributed by atoms with van der Waals surface area (Å²) < 4.78 is 13.3. The lowest BCUT2D eigenvalue weighted by molar-refractivity contribution is 0.604. The summed E-state index contributed by atoms with van der Waals surface area (Å²) in [6.07, 6.45) is 0.